The molecule has 0 saturated carbocycles. The van der Waals surface area contributed by atoms with Crippen molar-refractivity contribution in [2.24, 2.45) is 5.14 Å². The Kier molecular flexibility index (Phi) is 9.79. The number of aliphatic carboxylic acids is 1. The molecule has 1 aliphatic rings. The molecular weight excluding hydrogens is 580 g/mol. The Morgan fingerprint density at radius 2 is 1.43 bits per heavy atom. The standard InChI is InChI=1S/C29H34N4O7S2/c1-21-2-10-26(11-3-21)42(39,40)33-17-16-32(19-24-6-4-23(5-7-24)18-28(34)35)20-27(33)29(36)31-15-14-22-8-12-25(13-9-22)41(30,37)38/h2-13,27H,14-20H2,1H3,(H,31,36)(H,34,35)(H2,30,37,38). The quantitative estimate of drug-likeness (QED) is 0.292. The van der Waals surface area contributed by atoms with E-state index in [1.807, 2.05) is 24.0 Å². The lowest BCUT2D eigenvalue weighted by atomic mass is 10.1. The first-order chi connectivity index (χ1) is 19.8. The maximum absolute atomic E-state index is 13.6. The highest BCUT2D eigenvalue weighted by atomic mass is 32.2. The number of benzene rings is 3. The van der Waals surface area contributed by atoms with E-state index >= 15 is 0 Å². The van der Waals surface area contributed by atoms with E-state index in [4.69, 9.17) is 10.2 Å². The normalized spacial score (nSPS) is 16.7. The molecule has 4 N–H and O–H groups in total. The van der Waals surface area contributed by atoms with Crippen molar-refractivity contribution in [2.75, 3.05) is 26.2 Å². The van der Waals surface area contributed by atoms with E-state index in [2.05, 4.69) is 5.32 Å². The number of carbonyl (C=O) groups is 2. The fourth-order valence-electron chi connectivity index (χ4n) is 4.80. The Morgan fingerprint density at radius 1 is 0.857 bits per heavy atom. The predicted octanol–water partition coefficient (Wildman–Crippen LogP) is 1.50. The number of carboxylic acids is 1. The lowest BCUT2D eigenvalue weighted by Crippen LogP contribution is -2.60. The van der Waals surface area contributed by atoms with Crippen molar-refractivity contribution in [3.63, 3.8) is 0 Å². The number of piperazine rings is 1. The first-order valence-electron chi connectivity index (χ1n) is 13.3. The molecule has 1 amide bonds. The van der Waals surface area contributed by atoms with E-state index in [9.17, 15) is 26.4 Å². The van der Waals surface area contributed by atoms with Crippen molar-refractivity contribution >= 4 is 31.9 Å². The van der Waals surface area contributed by atoms with Gasteiger partial charge in [-0.1, -0.05) is 54.1 Å². The first kappa shape index (κ1) is 31.3. The van der Waals surface area contributed by atoms with Gasteiger partial charge in [0.2, 0.25) is 26.0 Å². The summed E-state index contributed by atoms with van der Waals surface area (Å²) in [7, 11) is -7.77. The van der Waals surface area contributed by atoms with Crippen LogP contribution in [0.3, 0.4) is 0 Å². The minimum atomic E-state index is -3.96. The van der Waals surface area contributed by atoms with Gasteiger partial charge in [-0.25, -0.2) is 22.0 Å². The number of primary sulfonamides is 1. The van der Waals surface area contributed by atoms with Gasteiger partial charge in [0.1, 0.15) is 6.04 Å². The van der Waals surface area contributed by atoms with Crippen molar-refractivity contribution in [2.45, 2.75) is 42.1 Å². The maximum atomic E-state index is 13.6. The maximum Gasteiger partial charge on any atom is 0.307 e. The zero-order chi connectivity index (χ0) is 30.5. The fourth-order valence-corrected chi connectivity index (χ4v) is 6.89. The third-order valence-electron chi connectivity index (χ3n) is 7.09. The second-order valence-electron chi connectivity index (χ2n) is 10.3. The molecule has 224 valence electrons. The minimum absolute atomic E-state index is 0.00828. The number of sulfonamides is 2. The number of hydrogen-bond donors (Lipinski definition) is 3. The summed E-state index contributed by atoms with van der Waals surface area (Å²) in [5.74, 6) is -1.35. The molecule has 11 nitrogen and oxygen atoms in total. The van der Waals surface area contributed by atoms with E-state index in [0.29, 0.717) is 25.1 Å². The van der Waals surface area contributed by atoms with Crippen LogP contribution in [-0.2, 0) is 49.0 Å². The number of carboxylic acid groups (broad SMARTS) is 1. The molecule has 13 heteroatoms. The Bertz CT molecular complexity index is 1620. The predicted molar refractivity (Wildman–Crippen MR) is 156 cm³/mol. The number of hydrogen-bond acceptors (Lipinski definition) is 7. The highest BCUT2D eigenvalue weighted by Crippen LogP contribution is 2.23. The van der Waals surface area contributed by atoms with Gasteiger partial charge in [0.05, 0.1) is 16.2 Å². The average molecular weight is 615 g/mol. The molecule has 4 rings (SSSR count). The third-order valence-corrected chi connectivity index (χ3v) is 9.95. The van der Waals surface area contributed by atoms with Crippen molar-refractivity contribution in [1.82, 2.24) is 14.5 Å². The number of nitrogens with zero attached hydrogens (tertiary/aromatic N) is 2. The molecule has 1 saturated heterocycles. The highest BCUT2D eigenvalue weighted by molar-refractivity contribution is 7.89. The highest BCUT2D eigenvalue weighted by Gasteiger charge is 2.40. The molecule has 1 aliphatic heterocycles. The molecule has 42 heavy (non-hydrogen) atoms. The average Bonchev–Trinajstić information content (AvgIpc) is 2.94. The van der Waals surface area contributed by atoms with Gasteiger partial charge in [-0.05, 0) is 54.3 Å². The Morgan fingerprint density at radius 3 is 2.02 bits per heavy atom. The molecule has 1 unspecified atom stereocenters. The van der Waals surface area contributed by atoms with Gasteiger partial charge in [-0.3, -0.25) is 14.5 Å². The molecular formula is C29H34N4O7S2. The van der Waals surface area contributed by atoms with Crippen LogP contribution < -0.4 is 10.5 Å². The van der Waals surface area contributed by atoms with E-state index in [0.717, 1.165) is 16.7 Å². The minimum Gasteiger partial charge on any atom is -0.481 e. The number of carbonyl (C=O) groups excluding carboxylic acids is 1. The SMILES string of the molecule is Cc1ccc(S(=O)(=O)N2CCN(Cc3ccc(CC(=O)O)cc3)CC2C(=O)NCCc2ccc(S(N)(=O)=O)cc2)cc1. The van der Waals surface area contributed by atoms with E-state index in [1.54, 1.807) is 36.4 Å². The molecule has 1 atom stereocenters. The van der Waals surface area contributed by atoms with Gasteiger partial charge < -0.3 is 10.4 Å². The van der Waals surface area contributed by atoms with E-state index in [-0.39, 0.29) is 35.8 Å². The second kappa shape index (κ2) is 13.1. The summed E-state index contributed by atoms with van der Waals surface area (Å²) >= 11 is 0. The van der Waals surface area contributed by atoms with Crippen LogP contribution in [0.2, 0.25) is 0 Å². The van der Waals surface area contributed by atoms with Gasteiger partial charge in [0.15, 0.2) is 0 Å². The largest absolute Gasteiger partial charge is 0.481 e. The van der Waals surface area contributed by atoms with Crippen LogP contribution in [-0.4, -0.2) is 75.2 Å². The molecule has 0 aromatic heterocycles. The van der Waals surface area contributed by atoms with Crippen LogP contribution >= 0.6 is 0 Å². The summed E-state index contributed by atoms with van der Waals surface area (Å²) in [6.07, 6.45) is 0.328. The van der Waals surface area contributed by atoms with Crippen LogP contribution in [0.15, 0.2) is 82.6 Å². The lowest BCUT2D eigenvalue weighted by molar-refractivity contribution is -0.136. The van der Waals surface area contributed by atoms with Crippen LogP contribution in [0.4, 0.5) is 0 Å². The first-order valence-corrected chi connectivity index (χ1v) is 16.3. The van der Waals surface area contributed by atoms with Gasteiger partial charge >= 0.3 is 5.97 Å². The summed E-state index contributed by atoms with van der Waals surface area (Å²) in [5, 5.41) is 17.0. The number of nitrogens with one attached hydrogen (secondary N) is 1. The zero-order valence-corrected chi connectivity index (χ0v) is 24.8. The number of nitrogens with two attached hydrogens (primary N) is 1. The summed E-state index contributed by atoms with van der Waals surface area (Å²) < 4.78 is 51.5. The summed E-state index contributed by atoms with van der Waals surface area (Å²) in [4.78, 5) is 26.6. The molecule has 1 heterocycles. The Hall–Kier alpha value is -3.62. The van der Waals surface area contributed by atoms with Crippen LogP contribution in [0.25, 0.3) is 0 Å². The second-order valence-corrected chi connectivity index (χ2v) is 13.7. The van der Waals surface area contributed by atoms with Crippen molar-refractivity contribution in [1.29, 1.82) is 0 Å². The van der Waals surface area contributed by atoms with Crippen molar-refractivity contribution < 1.29 is 31.5 Å². The molecule has 0 radical (unpaired) electrons. The summed E-state index contributed by atoms with van der Waals surface area (Å²) in [6.45, 7) is 3.22. The van der Waals surface area contributed by atoms with Gasteiger partial charge in [-0.15, -0.1) is 0 Å². The topological polar surface area (TPSA) is 167 Å². The smallest absolute Gasteiger partial charge is 0.307 e. The third kappa shape index (κ3) is 8.01. The number of amides is 1. The van der Waals surface area contributed by atoms with Crippen LogP contribution in [0.1, 0.15) is 22.3 Å². The molecule has 0 spiro atoms. The van der Waals surface area contributed by atoms with Gasteiger partial charge in [0.25, 0.3) is 0 Å². The monoisotopic (exact) mass is 614 g/mol. The van der Waals surface area contributed by atoms with Crippen molar-refractivity contribution in [3.8, 4) is 0 Å². The van der Waals surface area contributed by atoms with Gasteiger partial charge in [-0.2, -0.15) is 4.31 Å². The lowest BCUT2D eigenvalue weighted by Gasteiger charge is -2.39. The molecule has 0 bridgehead atoms. The Labute approximate surface area is 246 Å². The zero-order valence-electron chi connectivity index (χ0n) is 23.1. The van der Waals surface area contributed by atoms with Crippen molar-refractivity contribution in [3.05, 3.63) is 95.1 Å². The molecule has 3 aromatic carbocycles. The number of aryl methyl sites for hydroxylation is 1. The van der Waals surface area contributed by atoms with Crippen LogP contribution in [0.5, 0.6) is 0 Å². The van der Waals surface area contributed by atoms with Crippen LogP contribution in [0, 0.1) is 6.92 Å². The number of rotatable bonds is 11. The van der Waals surface area contributed by atoms with E-state index < -0.39 is 38.0 Å². The molecule has 1 fully saturated rings. The summed E-state index contributed by atoms with van der Waals surface area (Å²) in [6, 6.07) is 18.7. The fraction of sp³-hybridized carbons (Fsp3) is 0.310. The summed E-state index contributed by atoms with van der Waals surface area (Å²) in [5.41, 5.74) is 3.29. The van der Waals surface area contributed by atoms with E-state index in [1.165, 1.54) is 28.6 Å². The molecule has 3 aromatic rings. The molecule has 0 aliphatic carbocycles. The Balaban J connectivity index is 1.48. The van der Waals surface area contributed by atoms with Gasteiger partial charge in [0, 0.05) is 32.7 Å².